The third-order valence-electron chi connectivity index (χ3n) is 5.68. The van der Waals surface area contributed by atoms with E-state index in [4.69, 9.17) is 0 Å². The number of carbonyl (C=O) groups excluding carboxylic acids is 1. The van der Waals surface area contributed by atoms with Gasteiger partial charge in [-0.05, 0) is 31.4 Å². The Labute approximate surface area is 154 Å². The SMILES string of the molecule is O=C(c1ccnc2ccccc12)N(C1CCCCC1)C1CCS(=O)(=O)C1. The van der Waals surface area contributed by atoms with Crippen LogP contribution in [0, 0.1) is 0 Å². The molecule has 0 bridgehead atoms. The van der Waals surface area contributed by atoms with Gasteiger partial charge in [-0.15, -0.1) is 0 Å². The Bertz CT molecular complexity index is 914. The minimum atomic E-state index is -3.04. The summed E-state index contributed by atoms with van der Waals surface area (Å²) in [6.07, 6.45) is 7.54. The number of fused-ring (bicyclic) bond motifs is 1. The third-order valence-corrected chi connectivity index (χ3v) is 7.43. The highest BCUT2D eigenvalue weighted by Crippen LogP contribution is 2.31. The van der Waals surface area contributed by atoms with Crippen LogP contribution in [-0.4, -0.2) is 47.8 Å². The molecule has 1 saturated heterocycles. The van der Waals surface area contributed by atoms with Crippen molar-refractivity contribution >= 4 is 26.6 Å². The van der Waals surface area contributed by atoms with Crippen LogP contribution in [0.3, 0.4) is 0 Å². The molecule has 5 nitrogen and oxygen atoms in total. The van der Waals surface area contributed by atoms with E-state index in [1.54, 1.807) is 12.3 Å². The standard InChI is InChI=1S/C20H24N2O3S/c23-20(18-10-12-21-19-9-5-4-8-17(18)19)22(15-6-2-1-3-7-15)16-11-13-26(24,25)14-16/h4-5,8-10,12,15-16H,1-3,6-7,11,13-14H2. The van der Waals surface area contributed by atoms with Gasteiger partial charge in [0.15, 0.2) is 9.84 Å². The van der Waals surface area contributed by atoms with Gasteiger partial charge in [-0.25, -0.2) is 8.42 Å². The summed E-state index contributed by atoms with van der Waals surface area (Å²) in [6.45, 7) is 0. The monoisotopic (exact) mass is 372 g/mol. The fraction of sp³-hybridized carbons (Fsp3) is 0.500. The van der Waals surface area contributed by atoms with Crippen LogP contribution in [0.1, 0.15) is 48.9 Å². The topological polar surface area (TPSA) is 67.3 Å². The molecule has 1 atom stereocenters. The van der Waals surface area contributed by atoms with Crippen molar-refractivity contribution < 1.29 is 13.2 Å². The Morgan fingerprint density at radius 1 is 1.00 bits per heavy atom. The molecule has 0 radical (unpaired) electrons. The van der Waals surface area contributed by atoms with Crippen LogP contribution in [0.5, 0.6) is 0 Å². The Morgan fingerprint density at radius 3 is 2.50 bits per heavy atom. The maximum absolute atomic E-state index is 13.6. The van der Waals surface area contributed by atoms with Crippen LogP contribution in [0.15, 0.2) is 36.5 Å². The molecule has 0 N–H and O–H groups in total. The van der Waals surface area contributed by atoms with Gasteiger partial charge in [0.1, 0.15) is 0 Å². The van der Waals surface area contributed by atoms with Gasteiger partial charge in [0, 0.05) is 23.7 Å². The number of sulfone groups is 1. The van der Waals surface area contributed by atoms with E-state index in [2.05, 4.69) is 4.98 Å². The molecule has 2 aromatic rings. The summed E-state index contributed by atoms with van der Waals surface area (Å²) in [5, 5.41) is 0.835. The lowest BCUT2D eigenvalue weighted by molar-refractivity contribution is 0.0544. The van der Waals surface area contributed by atoms with Gasteiger partial charge < -0.3 is 4.90 Å². The molecule has 1 unspecified atom stereocenters. The van der Waals surface area contributed by atoms with Gasteiger partial charge in [0.25, 0.3) is 5.91 Å². The van der Waals surface area contributed by atoms with E-state index in [0.717, 1.165) is 36.6 Å². The predicted molar refractivity (Wildman–Crippen MR) is 102 cm³/mol. The average molecular weight is 372 g/mol. The number of hydrogen-bond donors (Lipinski definition) is 0. The number of amides is 1. The van der Waals surface area contributed by atoms with Crippen LogP contribution >= 0.6 is 0 Å². The summed E-state index contributed by atoms with van der Waals surface area (Å²) in [7, 11) is -3.04. The number of pyridine rings is 1. The minimum Gasteiger partial charge on any atom is -0.332 e. The van der Waals surface area contributed by atoms with E-state index in [1.807, 2.05) is 29.2 Å². The summed E-state index contributed by atoms with van der Waals surface area (Å²) in [5.74, 6) is 0.237. The molecule has 1 saturated carbocycles. The first-order valence-corrected chi connectivity index (χ1v) is 11.2. The summed E-state index contributed by atoms with van der Waals surface area (Å²) >= 11 is 0. The quantitative estimate of drug-likeness (QED) is 0.830. The van der Waals surface area contributed by atoms with E-state index < -0.39 is 9.84 Å². The van der Waals surface area contributed by atoms with E-state index >= 15 is 0 Å². The fourth-order valence-corrected chi connectivity index (χ4v) is 6.12. The Hall–Kier alpha value is -1.95. The Morgan fingerprint density at radius 2 is 1.77 bits per heavy atom. The van der Waals surface area contributed by atoms with Gasteiger partial charge in [-0.3, -0.25) is 9.78 Å². The zero-order valence-electron chi connectivity index (χ0n) is 14.8. The minimum absolute atomic E-state index is 0.0439. The summed E-state index contributed by atoms with van der Waals surface area (Å²) in [6, 6.07) is 9.34. The van der Waals surface area contributed by atoms with Crippen LogP contribution in [0.2, 0.25) is 0 Å². The van der Waals surface area contributed by atoms with E-state index in [9.17, 15) is 13.2 Å². The number of rotatable bonds is 3. The largest absolute Gasteiger partial charge is 0.332 e. The second-order valence-corrected chi connectivity index (χ2v) is 9.67. The van der Waals surface area contributed by atoms with Crippen molar-refractivity contribution in [1.82, 2.24) is 9.88 Å². The lowest BCUT2D eigenvalue weighted by Gasteiger charge is -2.38. The average Bonchev–Trinajstić information content (AvgIpc) is 3.01. The van der Waals surface area contributed by atoms with Gasteiger partial charge in [-0.2, -0.15) is 0 Å². The van der Waals surface area contributed by atoms with E-state index in [-0.39, 0.29) is 29.5 Å². The molecule has 1 aliphatic heterocycles. The molecule has 4 rings (SSSR count). The summed E-state index contributed by atoms with van der Waals surface area (Å²) in [4.78, 5) is 19.8. The third kappa shape index (κ3) is 3.34. The van der Waals surface area contributed by atoms with Crippen LogP contribution < -0.4 is 0 Å². The molecule has 2 heterocycles. The zero-order valence-corrected chi connectivity index (χ0v) is 15.6. The number of carbonyl (C=O) groups is 1. The lowest BCUT2D eigenvalue weighted by Crippen LogP contribution is -2.48. The van der Waals surface area contributed by atoms with Crippen molar-refractivity contribution in [1.29, 1.82) is 0 Å². The molecule has 138 valence electrons. The highest BCUT2D eigenvalue weighted by molar-refractivity contribution is 7.91. The van der Waals surface area contributed by atoms with Crippen molar-refractivity contribution in [3.05, 3.63) is 42.1 Å². The molecule has 26 heavy (non-hydrogen) atoms. The zero-order chi connectivity index (χ0) is 18.1. The number of para-hydroxylation sites is 1. The smallest absolute Gasteiger partial charge is 0.255 e. The van der Waals surface area contributed by atoms with Crippen molar-refractivity contribution in [3.63, 3.8) is 0 Å². The van der Waals surface area contributed by atoms with E-state index in [0.29, 0.717) is 12.0 Å². The maximum Gasteiger partial charge on any atom is 0.255 e. The van der Waals surface area contributed by atoms with Crippen LogP contribution in [-0.2, 0) is 9.84 Å². The molecule has 1 aromatic carbocycles. The first-order chi connectivity index (χ1) is 12.6. The fourth-order valence-electron chi connectivity index (χ4n) is 4.41. The van der Waals surface area contributed by atoms with Gasteiger partial charge in [-0.1, -0.05) is 37.5 Å². The molecule has 1 amide bonds. The van der Waals surface area contributed by atoms with Crippen molar-refractivity contribution in [3.8, 4) is 0 Å². The lowest BCUT2D eigenvalue weighted by atomic mass is 9.92. The van der Waals surface area contributed by atoms with Gasteiger partial charge in [0.05, 0.1) is 22.6 Å². The van der Waals surface area contributed by atoms with Gasteiger partial charge >= 0.3 is 0 Å². The number of aromatic nitrogens is 1. The normalized spacial score (nSPS) is 23.2. The maximum atomic E-state index is 13.6. The highest BCUT2D eigenvalue weighted by Gasteiger charge is 2.39. The Kier molecular flexibility index (Phi) is 4.69. The van der Waals surface area contributed by atoms with E-state index in [1.165, 1.54) is 6.42 Å². The number of nitrogens with zero attached hydrogens (tertiary/aromatic N) is 2. The molecular formula is C20H24N2O3S. The Balaban J connectivity index is 1.74. The molecular weight excluding hydrogens is 348 g/mol. The van der Waals surface area contributed by atoms with Crippen LogP contribution in [0.4, 0.5) is 0 Å². The van der Waals surface area contributed by atoms with Crippen molar-refractivity contribution in [2.45, 2.75) is 50.6 Å². The number of benzene rings is 1. The second kappa shape index (κ2) is 6.99. The second-order valence-electron chi connectivity index (χ2n) is 7.44. The highest BCUT2D eigenvalue weighted by atomic mass is 32.2. The molecule has 2 fully saturated rings. The molecule has 1 aliphatic carbocycles. The molecule has 2 aliphatic rings. The van der Waals surface area contributed by atoms with Crippen LogP contribution in [0.25, 0.3) is 10.9 Å². The molecule has 1 aromatic heterocycles. The number of hydrogen-bond acceptors (Lipinski definition) is 4. The predicted octanol–water partition coefficient (Wildman–Crippen LogP) is 3.20. The summed E-state index contributed by atoms with van der Waals surface area (Å²) in [5.41, 5.74) is 1.42. The summed E-state index contributed by atoms with van der Waals surface area (Å²) < 4.78 is 24.1. The molecule has 0 spiro atoms. The first-order valence-electron chi connectivity index (χ1n) is 9.42. The van der Waals surface area contributed by atoms with Gasteiger partial charge in [0.2, 0.25) is 0 Å². The molecule has 6 heteroatoms. The van der Waals surface area contributed by atoms with Crippen molar-refractivity contribution in [2.75, 3.05) is 11.5 Å². The first kappa shape index (κ1) is 17.5. The van der Waals surface area contributed by atoms with Crippen molar-refractivity contribution in [2.24, 2.45) is 0 Å².